The van der Waals surface area contributed by atoms with Gasteiger partial charge in [0.1, 0.15) is 11.9 Å². The second-order valence-corrected chi connectivity index (χ2v) is 8.01. The Kier molecular flexibility index (Phi) is 6.12. The van der Waals surface area contributed by atoms with Crippen LogP contribution in [0.25, 0.3) is 11.1 Å². The zero-order chi connectivity index (χ0) is 23.7. The largest absolute Gasteiger partial charge is 0.378 e. The first-order valence-electron chi connectivity index (χ1n) is 10.0. The Hall–Kier alpha value is -3.76. The second kappa shape index (κ2) is 9.00. The van der Waals surface area contributed by atoms with E-state index in [-0.39, 0.29) is 24.6 Å². The lowest BCUT2D eigenvalue weighted by molar-refractivity contribution is -0.384. The summed E-state index contributed by atoms with van der Waals surface area (Å²) in [7, 11) is 1.54. The molecule has 10 nitrogen and oxygen atoms in total. The molecule has 2 N–H and O–H groups in total. The van der Waals surface area contributed by atoms with Crippen LogP contribution in [0.4, 0.5) is 17.2 Å². The Labute approximate surface area is 193 Å². The van der Waals surface area contributed by atoms with Crippen molar-refractivity contribution < 1.29 is 19.2 Å². The molecule has 3 aromatic rings. The quantitative estimate of drug-likeness (QED) is 0.396. The average Bonchev–Trinajstić information content (AvgIpc) is 3.24. The van der Waals surface area contributed by atoms with Crippen molar-refractivity contribution in [1.82, 2.24) is 9.78 Å². The zero-order valence-electron chi connectivity index (χ0n) is 17.8. The molecule has 2 aromatic carbocycles. The monoisotopic (exact) mass is 469 g/mol. The van der Waals surface area contributed by atoms with Crippen LogP contribution in [0.1, 0.15) is 23.7 Å². The van der Waals surface area contributed by atoms with E-state index in [1.807, 2.05) is 6.07 Å². The number of aryl methyl sites for hydroxylation is 1. The van der Waals surface area contributed by atoms with Crippen molar-refractivity contribution in [3.8, 4) is 11.1 Å². The van der Waals surface area contributed by atoms with Crippen molar-refractivity contribution in [1.29, 1.82) is 0 Å². The van der Waals surface area contributed by atoms with Gasteiger partial charge in [-0.15, -0.1) is 0 Å². The molecule has 1 unspecified atom stereocenters. The number of nitro benzene ring substituents is 1. The number of amides is 2. The first kappa shape index (κ1) is 22.4. The van der Waals surface area contributed by atoms with Crippen LogP contribution < -0.4 is 10.6 Å². The summed E-state index contributed by atoms with van der Waals surface area (Å²) in [6, 6.07) is 10.5. The van der Waals surface area contributed by atoms with Gasteiger partial charge < -0.3 is 15.4 Å². The number of aromatic nitrogens is 2. The van der Waals surface area contributed by atoms with E-state index in [2.05, 4.69) is 15.7 Å². The molecule has 33 heavy (non-hydrogen) atoms. The summed E-state index contributed by atoms with van der Waals surface area (Å²) < 4.78 is 6.77. The van der Waals surface area contributed by atoms with Gasteiger partial charge in [-0.25, -0.2) is 4.68 Å². The molecule has 1 atom stereocenters. The molecule has 0 spiro atoms. The van der Waals surface area contributed by atoms with Gasteiger partial charge in [-0.2, -0.15) is 5.10 Å². The normalized spacial score (nSPS) is 14.6. The minimum atomic E-state index is -0.859. The van der Waals surface area contributed by atoms with Crippen molar-refractivity contribution >= 4 is 40.6 Å². The van der Waals surface area contributed by atoms with Gasteiger partial charge in [0.05, 0.1) is 23.6 Å². The summed E-state index contributed by atoms with van der Waals surface area (Å²) in [4.78, 5) is 35.8. The molecule has 2 amide bonds. The van der Waals surface area contributed by atoms with E-state index >= 15 is 0 Å². The van der Waals surface area contributed by atoms with Gasteiger partial charge in [-0.3, -0.25) is 19.7 Å². The fourth-order valence-corrected chi connectivity index (χ4v) is 3.97. The van der Waals surface area contributed by atoms with Crippen LogP contribution in [0.15, 0.2) is 42.5 Å². The van der Waals surface area contributed by atoms with Crippen LogP contribution in [0.3, 0.4) is 0 Å². The highest BCUT2D eigenvalue weighted by molar-refractivity contribution is 6.30. The molecule has 0 aliphatic carbocycles. The smallest absolute Gasteiger partial charge is 0.269 e. The molecule has 0 saturated carbocycles. The number of ether oxygens (including phenoxy) is 1. The van der Waals surface area contributed by atoms with E-state index in [0.717, 1.165) is 5.56 Å². The Morgan fingerprint density at radius 3 is 2.79 bits per heavy atom. The van der Waals surface area contributed by atoms with E-state index in [0.29, 0.717) is 33.3 Å². The number of fused-ring (bicyclic) bond motifs is 1. The standard InChI is InChI=1S/C22H20ClN5O5/c1-12-8-15(28(31)32)6-7-16(12)24-19(29)10-18-22(30)25-21-20(13-4-3-5-14(23)9-13)17(11-33-2)26-27(18)21/h3-9,18H,10-11H2,1-2H3,(H,24,29)(H,25,30). The van der Waals surface area contributed by atoms with Crippen molar-refractivity contribution in [2.24, 2.45) is 0 Å². The molecule has 1 aliphatic heterocycles. The zero-order valence-corrected chi connectivity index (χ0v) is 18.5. The van der Waals surface area contributed by atoms with Crippen molar-refractivity contribution in [2.75, 3.05) is 17.7 Å². The lowest BCUT2D eigenvalue weighted by Gasteiger charge is -2.11. The number of non-ortho nitro benzene ring substituents is 1. The maximum Gasteiger partial charge on any atom is 0.269 e. The third kappa shape index (κ3) is 4.43. The fraction of sp³-hybridized carbons (Fsp3) is 0.227. The molecule has 1 aliphatic rings. The molecule has 2 heterocycles. The number of halogens is 1. The Balaban J connectivity index is 1.60. The Morgan fingerprint density at radius 1 is 1.33 bits per heavy atom. The number of anilines is 2. The number of nitrogens with zero attached hydrogens (tertiary/aromatic N) is 3. The third-order valence-corrected chi connectivity index (χ3v) is 5.53. The van der Waals surface area contributed by atoms with Gasteiger partial charge in [-0.1, -0.05) is 23.7 Å². The topological polar surface area (TPSA) is 128 Å². The number of carbonyl (C=O) groups excluding carboxylic acids is 2. The molecule has 4 rings (SSSR count). The van der Waals surface area contributed by atoms with Crippen LogP contribution in [0, 0.1) is 17.0 Å². The molecule has 0 bridgehead atoms. The van der Waals surface area contributed by atoms with E-state index in [4.69, 9.17) is 16.3 Å². The van der Waals surface area contributed by atoms with Crippen LogP contribution in [-0.2, 0) is 20.9 Å². The number of nitro groups is 1. The molecule has 1 aromatic heterocycles. The maximum absolute atomic E-state index is 12.7. The number of nitrogens with one attached hydrogen (secondary N) is 2. The number of hydrogen-bond donors (Lipinski definition) is 2. The fourth-order valence-electron chi connectivity index (χ4n) is 3.78. The number of rotatable bonds is 7. The van der Waals surface area contributed by atoms with E-state index in [1.54, 1.807) is 32.2 Å². The highest BCUT2D eigenvalue weighted by atomic mass is 35.5. The molecule has 0 saturated heterocycles. The van der Waals surface area contributed by atoms with Gasteiger partial charge in [0.2, 0.25) is 5.91 Å². The number of hydrogen-bond acceptors (Lipinski definition) is 6. The van der Waals surface area contributed by atoms with Gasteiger partial charge in [0, 0.05) is 35.5 Å². The average molecular weight is 470 g/mol. The predicted octanol–water partition coefficient (Wildman–Crippen LogP) is 4.09. The molecular formula is C22H20ClN5O5. The lowest BCUT2D eigenvalue weighted by Crippen LogP contribution is -2.24. The molecule has 170 valence electrons. The van der Waals surface area contributed by atoms with Crippen molar-refractivity contribution in [2.45, 2.75) is 26.0 Å². The van der Waals surface area contributed by atoms with Gasteiger partial charge >= 0.3 is 0 Å². The van der Waals surface area contributed by atoms with E-state index in [1.165, 1.54) is 22.9 Å². The number of carbonyl (C=O) groups is 2. The Bertz CT molecular complexity index is 1270. The first-order valence-corrected chi connectivity index (χ1v) is 10.4. The maximum atomic E-state index is 12.7. The highest BCUT2D eigenvalue weighted by Crippen LogP contribution is 2.39. The third-order valence-electron chi connectivity index (χ3n) is 5.29. The molecule has 0 radical (unpaired) electrons. The van der Waals surface area contributed by atoms with Crippen molar-refractivity contribution in [3.05, 3.63) is 68.9 Å². The summed E-state index contributed by atoms with van der Waals surface area (Å²) in [5.74, 6) is -0.313. The van der Waals surface area contributed by atoms with Gasteiger partial charge in [0.15, 0.2) is 0 Å². The second-order valence-electron chi connectivity index (χ2n) is 7.57. The predicted molar refractivity (Wildman–Crippen MR) is 122 cm³/mol. The summed E-state index contributed by atoms with van der Waals surface area (Å²) in [6.45, 7) is 1.86. The van der Waals surface area contributed by atoms with Gasteiger partial charge in [-0.05, 0) is 36.2 Å². The Morgan fingerprint density at radius 2 is 2.12 bits per heavy atom. The summed E-state index contributed by atoms with van der Waals surface area (Å²) in [6.07, 6.45) is -0.168. The minimum absolute atomic E-state index is 0.0685. The first-order chi connectivity index (χ1) is 15.8. The summed E-state index contributed by atoms with van der Waals surface area (Å²) in [5.41, 5.74) is 2.96. The van der Waals surface area contributed by atoms with Crippen molar-refractivity contribution in [3.63, 3.8) is 0 Å². The molecule has 11 heteroatoms. The van der Waals surface area contributed by atoms with E-state index < -0.39 is 16.9 Å². The van der Waals surface area contributed by atoms with E-state index in [9.17, 15) is 19.7 Å². The van der Waals surface area contributed by atoms with Crippen LogP contribution in [0.2, 0.25) is 5.02 Å². The SMILES string of the molecule is COCc1nn2c(c1-c1cccc(Cl)c1)NC(=O)C2CC(=O)Nc1ccc([N+](=O)[O-])cc1C. The van der Waals surface area contributed by atoms with Crippen LogP contribution >= 0.6 is 11.6 Å². The van der Waals surface area contributed by atoms with Crippen LogP contribution in [0.5, 0.6) is 0 Å². The molecular weight excluding hydrogens is 450 g/mol. The number of methoxy groups -OCH3 is 1. The molecule has 0 fully saturated rings. The lowest BCUT2D eigenvalue weighted by atomic mass is 10.1. The number of benzene rings is 2. The minimum Gasteiger partial charge on any atom is -0.378 e. The van der Waals surface area contributed by atoms with Crippen LogP contribution in [-0.4, -0.2) is 33.6 Å². The summed E-state index contributed by atoms with van der Waals surface area (Å²) >= 11 is 6.15. The summed E-state index contributed by atoms with van der Waals surface area (Å²) in [5, 5.41) is 21.5. The van der Waals surface area contributed by atoms with Gasteiger partial charge in [0.25, 0.3) is 11.6 Å². The highest BCUT2D eigenvalue weighted by Gasteiger charge is 2.37.